The number of aryl methyl sites for hydroxylation is 1. The number of hydrogen-bond donors (Lipinski definition) is 1. The average molecular weight is 773 g/mol. The summed E-state index contributed by atoms with van der Waals surface area (Å²) in [6.07, 6.45) is 0.483. The van der Waals surface area contributed by atoms with Crippen LogP contribution in [0.1, 0.15) is 47.9 Å². The molecule has 13 heteroatoms. The monoisotopic (exact) mass is 772 g/mol. The van der Waals surface area contributed by atoms with Crippen molar-refractivity contribution in [2.24, 2.45) is 5.92 Å². The highest BCUT2D eigenvalue weighted by Crippen LogP contribution is 2.45. The number of rotatable bonds is 14. The molecule has 288 valence electrons. The zero-order valence-electron chi connectivity index (χ0n) is 32.3. The lowest BCUT2D eigenvalue weighted by Gasteiger charge is -2.50. The van der Waals surface area contributed by atoms with Crippen molar-refractivity contribution in [3.05, 3.63) is 149 Å². The van der Waals surface area contributed by atoms with Gasteiger partial charge in [-0.3, -0.25) is 19.6 Å². The van der Waals surface area contributed by atoms with Crippen LogP contribution >= 0.6 is 8.18 Å². The fourth-order valence-electron chi connectivity index (χ4n) is 7.03. The summed E-state index contributed by atoms with van der Waals surface area (Å²) in [7, 11) is 1.34. The van der Waals surface area contributed by atoms with Crippen LogP contribution < -0.4 is 10.1 Å². The Bertz CT molecular complexity index is 2160. The van der Waals surface area contributed by atoms with E-state index in [1.807, 2.05) is 67.8 Å². The molecule has 3 heterocycles. The van der Waals surface area contributed by atoms with Crippen molar-refractivity contribution in [2.45, 2.75) is 45.2 Å². The van der Waals surface area contributed by atoms with Gasteiger partial charge in [0.15, 0.2) is 11.2 Å². The molecule has 4 aromatic carbocycles. The van der Waals surface area contributed by atoms with Crippen molar-refractivity contribution in [1.29, 1.82) is 0 Å². The normalized spacial score (nSPS) is 16.7. The number of nitrogens with zero attached hydrogens (tertiary/aromatic N) is 6. The molecule has 1 N–H and O–H groups in total. The Morgan fingerprint density at radius 1 is 0.893 bits per heavy atom. The van der Waals surface area contributed by atoms with Crippen LogP contribution in [0.4, 0.5) is 5.95 Å². The van der Waals surface area contributed by atoms with Crippen molar-refractivity contribution in [1.82, 2.24) is 29.1 Å². The molecule has 1 aliphatic rings. The third-order valence-corrected chi connectivity index (χ3v) is 10.9. The van der Waals surface area contributed by atoms with Gasteiger partial charge in [-0.05, 0) is 33.7 Å². The molecular weight excluding hydrogens is 725 g/mol. The molecule has 2 aromatic heterocycles. The van der Waals surface area contributed by atoms with Crippen molar-refractivity contribution in [3.8, 4) is 5.88 Å². The lowest BCUT2D eigenvalue weighted by atomic mass is 9.75. The molecule has 6 aromatic rings. The minimum atomic E-state index is -2.09. The van der Waals surface area contributed by atoms with Crippen molar-refractivity contribution < 1.29 is 23.4 Å². The van der Waals surface area contributed by atoms with E-state index in [1.165, 1.54) is 0 Å². The number of aromatic nitrogens is 4. The van der Waals surface area contributed by atoms with Gasteiger partial charge in [-0.2, -0.15) is 9.97 Å². The van der Waals surface area contributed by atoms with Gasteiger partial charge in [-0.25, -0.2) is 4.98 Å². The summed E-state index contributed by atoms with van der Waals surface area (Å²) in [5, 5.41) is 2.86. The van der Waals surface area contributed by atoms with Crippen molar-refractivity contribution >= 4 is 31.2 Å². The maximum Gasteiger partial charge on any atom is 0.615 e. The number of carbonyl (C=O) groups excluding carboxylic acids is 1. The Labute approximate surface area is 328 Å². The van der Waals surface area contributed by atoms with E-state index in [4.69, 9.17) is 24.0 Å². The molecule has 7 rings (SSSR count). The molecule has 0 saturated carbocycles. The lowest BCUT2D eigenvalue weighted by Crippen LogP contribution is -2.57. The molecule has 56 heavy (non-hydrogen) atoms. The zero-order chi connectivity index (χ0) is 39.2. The summed E-state index contributed by atoms with van der Waals surface area (Å²) in [6.45, 7) is 6.78. The van der Waals surface area contributed by atoms with Gasteiger partial charge >= 0.3 is 8.18 Å². The highest BCUT2D eigenvalue weighted by Gasteiger charge is 2.47. The number of imidazole rings is 1. The van der Waals surface area contributed by atoms with Crippen LogP contribution in [0.3, 0.4) is 0 Å². The van der Waals surface area contributed by atoms with Gasteiger partial charge in [-0.1, -0.05) is 139 Å². The second kappa shape index (κ2) is 17.2. The number of fused-ring (bicyclic) bond motifs is 1. The molecule has 0 spiro atoms. The molecule has 3 atom stereocenters. The predicted molar refractivity (Wildman–Crippen MR) is 216 cm³/mol. The quantitative estimate of drug-likeness (QED) is 0.0869. The zero-order valence-corrected chi connectivity index (χ0v) is 33.2. The highest BCUT2D eigenvalue weighted by atomic mass is 31.1. The number of morpholine rings is 1. The van der Waals surface area contributed by atoms with Crippen LogP contribution in [-0.4, -0.2) is 74.9 Å². The topological polar surface area (TPSA) is 124 Å². The molecule has 1 aliphatic heterocycles. The van der Waals surface area contributed by atoms with Crippen LogP contribution in [0.5, 0.6) is 5.88 Å². The van der Waals surface area contributed by atoms with Crippen LogP contribution in [0.25, 0.3) is 11.2 Å². The summed E-state index contributed by atoms with van der Waals surface area (Å²) in [5.41, 5.74) is 5.38. The Balaban J connectivity index is 1.36. The molecule has 1 saturated heterocycles. The van der Waals surface area contributed by atoms with Crippen LogP contribution in [0.2, 0.25) is 0 Å². The average Bonchev–Trinajstić information content (AvgIpc) is 3.65. The van der Waals surface area contributed by atoms with E-state index in [-0.39, 0.29) is 36.9 Å². The molecular formula is C43H47N7O5P+. The van der Waals surface area contributed by atoms with Crippen LogP contribution in [-0.2, 0) is 30.8 Å². The molecule has 0 bridgehead atoms. The standard InChI is InChI=1S/C43H46N7O5P/c1-30(2)40(51)46-42-45-39-38(41(47-42)53-27-32-23-21-31(3)22-24-32)44-29-50(39)37-26-49(25-36(55-37)28-54-56(52)48(4)5)43(33-15-9-6-10-16-33,34-17-11-7-12-18-34)35-19-13-8-14-20-35/h6-24,29-30,36-37H,25-28H2,1-5H3/p+1/t36-,37+/m0/s1. The van der Waals surface area contributed by atoms with E-state index in [0.29, 0.717) is 24.3 Å². The van der Waals surface area contributed by atoms with E-state index in [2.05, 4.69) is 88.0 Å². The number of carbonyl (C=O) groups is 1. The Morgan fingerprint density at radius 2 is 1.48 bits per heavy atom. The van der Waals surface area contributed by atoms with E-state index in [1.54, 1.807) is 25.1 Å². The minimum Gasteiger partial charge on any atom is -0.471 e. The largest absolute Gasteiger partial charge is 0.615 e. The Kier molecular flexibility index (Phi) is 11.9. The van der Waals surface area contributed by atoms with Gasteiger partial charge in [0.05, 0.1) is 11.9 Å². The number of amides is 1. The van der Waals surface area contributed by atoms with Crippen LogP contribution in [0.15, 0.2) is 122 Å². The predicted octanol–water partition coefficient (Wildman–Crippen LogP) is 7.74. The fourth-order valence-corrected chi connectivity index (χ4v) is 7.56. The molecule has 1 fully saturated rings. The number of anilines is 1. The van der Waals surface area contributed by atoms with Crippen LogP contribution in [0, 0.1) is 12.8 Å². The van der Waals surface area contributed by atoms with Gasteiger partial charge in [0.25, 0.3) is 0 Å². The molecule has 1 amide bonds. The van der Waals surface area contributed by atoms with Gasteiger partial charge in [0, 0.05) is 33.1 Å². The molecule has 1 unspecified atom stereocenters. The maximum atomic E-state index is 12.9. The molecule has 0 aliphatic carbocycles. The molecule has 0 radical (unpaired) electrons. The lowest BCUT2D eigenvalue weighted by molar-refractivity contribution is -0.145. The first-order valence-corrected chi connectivity index (χ1v) is 19.8. The Morgan fingerprint density at radius 3 is 2.04 bits per heavy atom. The van der Waals surface area contributed by atoms with Gasteiger partial charge in [0.1, 0.15) is 25.5 Å². The highest BCUT2D eigenvalue weighted by molar-refractivity contribution is 7.36. The van der Waals surface area contributed by atoms with E-state index in [0.717, 1.165) is 27.8 Å². The number of benzene rings is 4. The van der Waals surface area contributed by atoms with Crippen molar-refractivity contribution in [3.63, 3.8) is 0 Å². The third-order valence-electron chi connectivity index (χ3n) is 9.85. The summed E-state index contributed by atoms with van der Waals surface area (Å²) < 4.78 is 35.4. The van der Waals surface area contributed by atoms with Gasteiger partial charge in [0.2, 0.25) is 17.7 Å². The fraction of sp³-hybridized carbons (Fsp3) is 0.302. The first kappa shape index (κ1) is 38.9. The third kappa shape index (κ3) is 8.26. The smallest absolute Gasteiger partial charge is 0.471 e. The van der Waals surface area contributed by atoms with E-state index in [9.17, 15) is 9.36 Å². The second-order valence-electron chi connectivity index (χ2n) is 14.4. The maximum absolute atomic E-state index is 12.9. The number of ether oxygens (including phenoxy) is 2. The van der Waals surface area contributed by atoms with Crippen molar-refractivity contribution in [2.75, 3.05) is 39.1 Å². The summed E-state index contributed by atoms with van der Waals surface area (Å²) >= 11 is 0. The van der Waals surface area contributed by atoms with E-state index >= 15 is 0 Å². The second-order valence-corrected chi connectivity index (χ2v) is 15.9. The minimum absolute atomic E-state index is 0.0665. The summed E-state index contributed by atoms with van der Waals surface area (Å²) in [5.74, 6) is -0.204. The summed E-state index contributed by atoms with van der Waals surface area (Å²) in [6, 6.07) is 39.4. The molecule has 12 nitrogen and oxygen atoms in total. The van der Waals surface area contributed by atoms with Gasteiger partial charge in [-0.15, -0.1) is 4.52 Å². The van der Waals surface area contributed by atoms with E-state index < -0.39 is 26.0 Å². The Hall–Kier alpha value is -5.36. The SMILES string of the molecule is Cc1ccc(COc2nc(NC(=O)C(C)C)nc3c2ncn3[C@H]2CN(C(c3ccccc3)(c3ccccc3)c3ccccc3)C[C@@H](CO[P+](=O)N(C)C)O2)cc1. The van der Waals surface area contributed by atoms with Gasteiger partial charge < -0.3 is 9.47 Å². The first-order valence-electron chi connectivity index (χ1n) is 18.7. The number of hydrogen-bond acceptors (Lipinski definition) is 9. The summed E-state index contributed by atoms with van der Waals surface area (Å²) in [4.78, 5) is 29.6. The number of nitrogens with one attached hydrogen (secondary N) is 1. The first-order chi connectivity index (χ1) is 27.1.